The summed E-state index contributed by atoms with van der Waals surface area (Å²) in [6.07, 6.45) is 9.02. The van der Waals surface area contributed by atoms with Crippen molar-refractivity contribution < 1.29 is 24.9 Å². The number of likely N-dealkylation sites (tertiary alicyclic amines) is 1. The molecule has 10 nitrogen and oxygen atoms in total. The third kappa shape index (κ3) is 7.75. The van der Waals surface area contributed by atoms with Crippen molar-refractivity contribution in [2.45, 2.75) is 44.6 Å². The number of carboxylic acids is 2. The highest BCUT2D eigenvalue weighted by Gasteiger charge is 2.23. The number of aromatic nitrogens is 4. The van der Waals surface area contributed by atoms with Gasteiger partial charge in [0.1, 0.15) is 12.7 Å². The highest BCUT2D eigenvalue weighted by atomic mass is 16.4. The smallest absolute Gasteiger partial charge is 0.414 e. The number of H-pyrrole nitrogens is 1. The number of aliphatic hydroxyl groups excluding tert-OH is 1. The lowest BCUT2D eigenvalue weighted by molar-refractivity contribution is -0.159. The van der Waals surface area contributed by atoms with Gasteiger partial charge < -0.3 is 25.2 Å². The second-order valence-electron chi connectivity index (χ2n) is 10.2. The van der Waals surface area contributed by atoms with Crippen molar-refractivity contribution in [1.82, 2.24) is 24.6 Å². The normalized spacial score (nSPS) is 15.8. The lowest BCUT2D eigenvalue weighted by Crippen LogP contribution is -2.37. The Bertz CT molecular complexity index is 1340. The van der Waals surface area contributed by atoms with Gasteiger partial charge >= 0.3 is 11.9 Å². The van der Waals surface area contributed by atoms with Gasteiger partial charge in [0.2, 0.25) is 0 Å². The molecular weight excluding hydrogens is 498 g/mol. The number of aliphatic hydroxyl groups is 1. The number of hydrogen-bond donors (Lipinski definition) is 4. The Morgan fingerprint density at radius 1 is 1.03 bits per heavy atom. The maximum atomic E-state index is 10.9. The molecule has 5 rings (SSSR count). The van der Waals surface area contributed by atoms with Crippen LogP contribution in [0.1, 0.15) is 43.2 Å². The van der Waals surface area contributed by atoms with E-state index < -0.39 is 11.9 Å². The summed E-state index contributed by atoms with van der Waals surface area (Å²) in [7, 11) is 0. The number of fused-ring (bicyclic) bond motifs is 1. The molecule has 0 radical (unpaired) electrons. The molecule has 0 bridgehead atoms. The molecule has 0 spiro atoms. The van der Waals surface area contributed by atoms with Crippen LogP contribution in [0, 0.1) is 5.92 Å². The third-order valence-electron chi connectivity index (χ3n) is 7.32. The van der Waals surface area contributed by atoms with Crippen molar-refractivity contribution in [3.05, 3.63) is 78.5 Å². The zero-order chi connectivity index (χ0) is 27.8. The van der Waals surface area contributed by atoms with Gasteiger partial charge in [-0.25, -0.2) is 9.59 Å². The largest absolute Gasteiger partial charge is 0.473 e. The molecule has 2 aromatic carbocycles. The second kappa shape index (κ2) is 13.2. The Morgan fingerprint density at radius 2 is 1.69 bits per heavy atom. The Kier molecular flexibility index (Phi) is 9.45. The number of nitrogens with zero attached hydrogens (tertiary/aromatic N) is 4. The summed E-state index contributed by atoms with van der Waals surface area (Å²) in [6.45, 7) is 5.69. The number of benzene rings is 2. The van der Waals surface area contributed by atoms with Crippen LogP contribution in [0.15, 0.2) is 67.4 Å². The van der Waals surface area contributed by atoms with Crippen LogP contribution in [0.5, 0.6) is 0 Å². The van der Waals surface area contributed by atoms with Gasteiger partial charge in [-0.15, -0.1) is 10.2 Å². The molecule has 1 aliphatic rings. The first kappa shape index (κ1) is 28.0. The Morgan fingerprint density at radius 3 is 2.33 bits per heavy atom. The molecule has 1 fully saturated rings. The van der Waals surface area contributed by atoms with E-state index in [0.717, 1.165) is 42.6 Å². The van der Waals surface area contributed by atoms with Crippen LogP contribution in [0.2, 0.25) is 0 Å². The monoisotopic (exact) mass is 533 g/mol. The molecule has 2 atom stereocenters. The number of carboxylic acid groups (broad SMARTS) is 2. The standard InChI is InChI=1S/C27H33N5O.C2H2O4/c1-20(22-5-3-2-4-6-22)17-31-11-9-21(10-12-31)13-25(33)14-23-16-28-27-8-7-24(15-26(23)27)32-18-29-30-19-32;3-1(4)2(5)6/h2-8,15-16,18-21,25,28,33H,9-14,17H2,1H3;(H,3,4)(H,5,6). The average Bonchev–Trinajstić information content (AvgIpc) is 3.61. The van der Waals surface area contributed by atoms with E-state index in [0.29, 0.717) is 18.3 Å². The molecule has 3 heterocycles. The molecule has 1 saturated heterocycles. The number of hydrogen-bond acceptors (Lipinski definition) is 6. The second-order valence-corrected chi connectivity index (χ2v) is 10.2. The van der Waals surface area contributed by atoms with Gasteiger partial charge in [-0.3, -0.25) is 4.57 Å². The number of piperidine rings is 1. The van der Waals surface area contributed by atoms with E-state index in [4.69, 9.17) is 19.8 Å². The first-order chi connectivity index (χ1) is 18.8. The van der Waals surface area contributed by atoms with Gasteiger partial charge in [-0.2, -0.15) is 0 Å². The Hall–Kier alpha value is -4.02. The van der Waals surface area contributed by atoms with Crippen LogP contribution in [-0.2, 0) is 16.0 Å². The molecule has 0 saturated carbocycles. The predicted molar refractivity (Wildman–Crippen MR) is 147 cm³/mol. The molecule has 10 heteroatoms. The zero-order valence-corrected chi connectivity index (χ0v) is 22.0. The summed E-state index contributed by atoms with van der Waals surface area (Å²) < 4.78 is 1.90. The molecule has 0 aliphatic carbocycles. The van der Waals surface area contributed by atoms with Crippen LogP contribution < -0.4 is 0 Å². The van der Waals surface area contributed by atoms with Crippen molar-refractivity contribution in [3.8, 4) is 5.69 Å². The number of aliphatic carboxylic acids is 2. The van der Waals surface area contributed by atoms with Crippen molar-refractivity contribution in [1.29, 1.82) is 0 Å². The maximum Gasteiger partial charge on any atom is 0.414 e. The summed E-state index contributed by atoms with van der Waals surface area (Å²) in [4.78, 5) is 24.1. The van der Waals surface area contributed by atoms with Gasteiger partial charge in [0.25, 0.3) is 0 Å². The van der Waals surface area contributed by atoms with E-state index in [-0.39, 0.29) is 6.10 Å². The van der Waals surface area contributed by atoms with Crippen molar-refractivity contribution in [2.75, 3.05) is 19.6 Å². The SMILES string of the molecule is CC(CN1CCC(CC(O)Cc2c[nH]c3ccc(-n4cnnc4)cc23)CC1)c1ccccc1.O=C(O)C(=O)O. The number of carbonyl (C=O) groups is 2. The quantitative estimate of drug-likeness (QED) is 0.251. The van der Waals surface area contributed by atoms with Crippen LogP contribution in [0.3, 0.4) is 0 Å². The minimum Gasteiger partial charge on any atom is -0.473 e. The van der Waals surface area contributed by atoms with Gasteiger partial charge in [0, 0.05) is 35.8 Å². The first-order valence-electron chi connectivity index (χ1n) is 13.2. The predicted octanol–water partition coefficient (Wildman–Crippen LogP) is 3.71. The molecule has 2 unspecified atom stereocenters. The highest BCUT2D eigenvalue weighted by molar-refractivity contribution is 6.27. The van der Waals surface area contributed by atoms with Gasteiger partial charge in [0.05, 0.1) is 6.10 Å². The van der Waals surface area contributed by atoms with Crippen LogP contribution in [-0.4, -0.2) is 77.6 Å². The molecule has 4 N–H and O–H groups in total. The Labute approximate surface area is 226 Å². The topological polar surface area (TPSA) is 145 Å². The number of aromatic amines is 1. The summed E-state index contributed by atoms with van der Waals surface area (Å²) in [6, 6.07) is 17.1. The molecule has 4 aromatic rings. The minimum atomic E-state index is -1.82. The maximum absolute atomic E-state index is 10.9. The molecule has 2 aromatic heterocycles. The molecular formula is C29H35N5O5. The van der Waals surface area contributed by atoms with Gasteiger partial charge in [-0.1, -0.05) is 37.3 Å². The third-order valence-corrected chi connectivity index (χ3v) is 7.32. The fraction of sp³-hybridized carbons (Fsp3) is 0.379. The van der Waals surface area contributed by atoms with Crippen molar-refractivity contribution >= 4 is 22.8 Å². The number of rotatable bonds is 8. The minimum absolute atomic E-state index is 0.317. The van der Waals surface area contributed by atoms with E-state index in [1.165, 1.54) is 24.0 Å². The lowest BCUT2D eigenvalue weighted by atomic mass is 9.88. The van der Waals surface area contributed by atoms with Crippen LogP contribution in [0.25, 0.3) is 16.6 Å². The van der Waals surface area contributed by atoms with Gasteiger partial charge in [0.15, 0.2) is 0 Å². The van der Waals surface area contributed by atoms with E-state index in [1.807, 2.05) is 10.8 Å². The first-order valence-corrected chi connectivity index (χ1v) is 13.2. The Balaban J connectivity index is 0.000000531. The highest BCUT2D eigenvalue weighted by Crippen LogP contribution is 2.28. The summed E-state index contributed by atoms with van der Waals surface area (Å²) in [5, 5.41) is 34.6. The van der Waals surface area contributed by atoms with Crippen LogP contribution in [0.4, 0.5) is 0 Å². The van der Waals surface area contributed by atoms with Crippen LogP contribution >= 0.6 is 0 Å². The zero-order valence-electron chi connectivity index (χ0n) is 22.0. The lowest BCUT2D eigenvalue weighted by Gasteiger charge is -2.34. The summed E-state index contributed by atoms with van der Waals surface area (Å²) in [5.74, 6) is -2.50. The fourth-order valence-electron chi connectivity index (χ4n) is 5.23. The van der Waals surface area contributed by atoms with Crippen molar-refractivity contribution in [2.24, 2.45) is 5.92 Å². The average molecular weight is 534 g/mol. The molecule has 206 valence electrons. The molecule has 1 aliphatic heterocycles. The summed E-state index contributed by atoms with van der Waals surface area (Å²) in [5.41, 5.74) is 4.71. The number of nitrogens with one attached hydrogen (secondary N) is 1. The van der Waals surface area contributed by atoms with E-state index in [9.17, 15) is 5.11 Å². The van der Waals surface area contributed by atoms with E-state index in [1.54, 1.807) is 12.7 Å². The van der Waals surface area contributed by atoms with Gasteiger partial charge in [-0.05, 0) is 73.5 Å². The molecule has 0 amide bonds. The molecule has 39 heavy (non-hydrogen) atoms. The van der Waals surface area contributed by atoms with E-state index in [2.05, 4.69) is 75.5 Å². The fourth-order valence-corrected chi connectivity index (χ4v) is 5.23. The summed E-state index contributed by atoms with van der Waals surface area (Å²) >= 11 is 0. The van der Waals surface area contributed by atoms with Crippen molar-refractivity contribution in [3.63, 3.8) is 0 Å². The van der Waals surface area contributed by atoms with E-state index >= 15 is 0 Å².